The van der Waals surface area contributed by atoms with Crippen molar-refractivity contribution >= 4 is 5.91 Å². The van der Waals surface area contributed by atoms with E-state index < -0.39 is 23.1 Å². The van der Waals surface area contributed by atoms with Crippen LogP contribution < -0.4 is 11.1 Å². The third kappa shape index (κ3) is 4.28. The number of rotatable bonds is 6. The largest absolute Gasteiger partial charge is 0.354 e. The highest BCUT2D eigenvalue weighted by Gasteiger charge is 2.21. The van der Waals surface area contributed by atoms with Gasteiger partial charge in [0.05, 0.1) is 6.42 Å². The molecule has 0 saturated carbocycles. The van der Waals surface area contributed by atoms with Crippen molar-refractivity contribution in [2.24, 2.45) is 5.73 Å². The summed E-state index contributed by atoms with van der Waals surface area (Å²) >= 11 is 0. The van der Waals surface area contributed by atoms with Gasteiger partial charge in [0, 0.05) is 17.6 Å². The number of halogens is 2. The van der Waals surface area contributed by atoms with Gasteiger partial charge in [-0.15, -0.1) is 0 Å². The van der Waals surface area contributed by atoms with Crippen molar-refractivity contribution in [3.63, 3.8) is 0 Å². The van der Waals surface area contributed by atoms with Crippen LogP contribution in [-0.2, 0) is 11.2 Å². The normalized spacial score (nSPS) is 11.4. The maximum absolute atomic E-state index is 13.4. The Balaban J connectivity index is 2.61. The fourth-order valence-electron chi connectivity index (χ4n) is 1.70. The standard InChI is InChI=1S/C14H20F2N2O/c1-3-14(17,4-2)9-18-13(19)8-10-11(15)6-5-7-12(10)16/h5-7H,3-4,8-9,17H2,1-2H3,(H,18,19). The van der Waals surface area contributed by atoms with Gasteiger partial charge in [-0.3, -0.25) is 4.79 Å². The number of hydrogen-bond acceptors (Lipinski definition) is 2. The average Bonchev–Trinajstić information content (AvgIpc) is 2.40. The smallest absolute Gasteiger partial charge is 0.224 e. The van der Waals surface area contributed by atoms with Gasteiger partial charge in [-0.1, -0.05) is 19.9 Å². The lowest BCUT2D eigenvalue weighted by atomic mass is 9.94. The second kappa shape index (κ2) is 6.61. The molecule has 0 bridgehead atoms. The molecule has 0 radical (unpaired) electrons. The van der Waals surface area contributed by atoms with Gasteiger partial charge in [-0.05, 0) is 25.0 Å². The van der Waals surface area contributed by atoms with Gasteiger partial charge in [-0.25, -0.2) is 8.78 Å². The predicted octanol–water partition coefficient (Wildman–Crippen LogP) is 2.14. The molecule has 0 fully saturated rings. The molecule has 0 saturated heterocycles. The number of nitrogens with one attached hydrogen (secondary N) is 1. The van der Waals surface area contributed by atoms with Gasteiger partial charge in [0.25, 0.3) is 0 Å². The van der Waals surface area contributed by atoms with Gasteiger partial charge in [0.1, 0.15) is 11.6 Å². The first-order valence-electron chi connectivity index (χ1n) is 6.40. The van der Waals surface area contributed by atoms with Crippen molar-refractivity contribution in [1.29, 1.82) is 0 Å². The van der Waals surface area contributed by atoms with E-state index in [4.69, 9.17) is 5.73 Å². The van der Waals surface area contributed by atoms with E-state index in [1.807, 2.05) is 13.8 Å². The summed E-state index contributed by atoms with van der Waals surface area (Å²) in [4.78, 5) is 11.7. The van der Waals surface area contributed by atoms with E-state index in [-0.39, 0.29) is 12.0 Å². The second-order valence-corrected chi connectivity index (χ2v) is 4.72. The molecule has 3 nitrogen and oxygen atoms in total. The van der Waals surface area contributed by atoms with Gasteiger partial charge in [0.15, 0.2) is 0 Å². The Kier molecular flexibility index (Phi) is 5.42. The summed E-state index contributed by atoms with van der Waals surface area (Å²) in [5, 5.41) is 2.63. The van der Waals surface area contributed by atoms with Crippen LogP contribution in [-0.4, -0.2) is 18.0 Å². The molecule has 0 aliphatic rings. The van der Waals surface area contributed by atoms with Crippen LogP contribution in [0.2, 0.25) is 0 Å². The van der Waals surface area contributed by atoms with Crippen molar-refractivity contribution in [2.75, 3.05) is 6.54 Å². The lowest BCUT2D eigenvalue weighted by Gasteiger charge is -2.26. The average molecular weight is 270 g/mol. The number of hydrogen-bond donors (Lipinski definition) is 2. The molecule has 19 heavy (non-hydrogen) atoms. The van der Waals surface area contributed by atoms with E-state index in [1.54, 1.807) is 0 Å². The molecule has 0 aliphatic carbocycles. The Morgan fingerprint density at radius 1 is 1.26 bits per heavy atom. The summed E-state index contributed by atoms with van der Waals surface area (Å²) in [6, 6.07) is 3.54. The molecule has 0 spiro atoms. The molecule has 3 N–H and O–H groups in total. The van der Waals surface area contributed by atoms with Crippen LogP contribution in [0.4, 0.5) is 8.78 Å². The Morgan fingerprint density at radius 2 is 1.79 bits per heavy atom. The molecule has 5 heteroatoms. The van der Waals surface area contributed by atoms with Crippen LogP contribution in [0.1, 0.15) is 32.3 Å². The van der Waals surface area contributed by atoms with Crippen LogP contribution in [0.15, 0.2) is 18.2 Å². The summed E-state index contributed by atoms with van der Waals surface area (Å²) in [6.45, 7) is 4.17. The van der Waals surface area contributed by atoms with Crippen LogP contribution in [0.3, 0.4) is 0 Å². The molecule has 106 valence electrons. The minimum atomic E-state index is -0.708. The fraction of sp³-hybridized carbons (Fsp3) is 0.500. The van der Waals surface area contributed by atoms with Crippen LogP contribution in [0.25, 0.3) is 0 Å². The molecule has 1 amide bonds. The SMILES string of the molecule is CCC(N)(CC)CNC(=O)Cc1c(F)cccc1F. The maximum atomic E-state index is 13.4. The highest BCUT2D eigenvalue weighted by Crippen LogP contribution is 2.13. The van der Waals surface area contributed by atoms with Gasteiger partial charge < -0.3 is 11.1 Å². The number of benzene rings is 1. The third-order valence-corrected chi connectivity index (χ3v) is 3.44. The van der Waals surface area contributed by atoms with Crippen molar-refractivity contribution in [3.05, 3.63) is 35.4 Å². The highest BCUT2D eigenvalue weighted by molar-refractivity contribution is 5.78. The van der Waals surface area contributed by atoms with E-state index in [2.05, 4.69) is 5.32 Å². The van der Waals surface area contributed by atoms with Crippen LogP contribution >= 0.6 is 0 Å². The minimum Gasteiger partial charge on any atom is -0.354 e. The monoisotopic (exact) mass is 270 g/mol. The molecule has 0 atom stereocenters. The Morgan fingerprint density at radius 3 is 2.26 bits per heavy atom. The first-order chi connectivity index (χ1) is 8.91. The fourth-order valence-corrected chi connectivity index (χ4v) is 1.70. The van der Waals surface area contributed by atoms with Crippen molar-refractivity contribution in [1.82, 2.24) is 5.32 Å². The number of amides is 1. The summed E-state index contributed by atoms with van der Waals surface area (Å²) in [5.41, 5.74) is 5.35. The Hall–Kier alpha value is -1.49. The summed E-state index contributed by atoms with van der Waals surface area (Å²) in [5.74, 6) is -1.85. The zero-order valence-corrected chi connectivity index (χ0v) is 11.3. The second-order valence-electron chi connectivity index (χ2n) is 4.72. The quantitative estimate of drug-likeness (QED) is 0.832. The lowest BCUT2D eigenvalue weighted by molar-refractivity contribution is -0.120. The van der Waals surface area contributed by atoms with E-state index in [0.29, 0.717) is 6.54 Å². The molecule has 1 aromatic rings. The molecule has 0 aliphatic heterocycles. The van der Waals surface area contributed by atoms with E-state index in [9.17, 15) is 13.6 Å². The molecular weight excluding hydrogens is 250 g/mol. The molecule has 0 aromatic heterocycles. The molecular formula is C14H20F2N2O. The zero-order valence-electron chi connectivity index (χ0n) is 11.3. The lowest BCUT2D eigenvalue weighted by Crippen LogP contribution is -2.49. The predicted molar refractivity (Wildman–Crippen MR) is 70.6 cm³/mol. The number of carbonyl (C=O) groups is 1. The van der Waals surface area contributed by atoms with E-state index in [1.165, 1.54) is 6.07 Å². The summed E-state index contributed by atoms with van der Waals surface area (Å²) in [6.07, 6.45) is 1.12. The van der Waals surface area contributed by atoms with Crippen molar-refractivity contribution < 1.29 is 13.6 Å². The van der Waals surface area contributed by atoms with Gasteiger partial charge in [-0.2, -0.15) is 0 Å². The maximum Gasteiger partial charge on any atom is 0.224 e. The number of carbonyl (C=O) groups excluding carboxylic acids is 1. The molecule has 0 unspecified atom stereocenters. The van der Waals surface area contributed by atoms with Crippen molar-refractivity contribution in [3.8, 4) is 0 Å². The summed E-state index contributed by atoms with van der Waals surface area (Å²) in [7, 11) is 0. The molecule has 1 aromatic carbocycles. The van der Waals surface area contributed by atoms with Crippen LogP contribution in [0.5, 0.6) is 0 Å². The van der Waals surface area contributed by atoms with Crippen molar-refractivity contribution in [2.45, 2.75) is 38.6 Å². The van der Waals surface area contributed by atoms with Gasteiger partial charge >= 0.3 is 0 Å². The number of nitrogens with two attached hydrogens (primary N) is 1. The first kappa shape index (κ1) is 15.6. The highest BCUT2D eigenvalue weighted by atomic mass is 19.1. The topological polar surface area (TPSA) is 55.1 Å². The Labute approximate surface area is 112 Å². The van der Waals surface area contributed by atoms with E-state index >= 15 is 0 Å². The summed E-state index contributed by atoms with van der Waals surface area (Å²) < 4.78 is 26.7. The third-order valence-electron chi connectivity index (χ3n) is 3.44. The molecule has 1 rings (SSSR count). The first-order valence-corrected chi connectivity index (χ1v) is 6.40. The zero-order chi connectivity index (χ0) is 14.5. The van der Waals surface area contributed by atoms with Crippen LogP contribution in [0, 0.1) is 11.6 Å². The minimum absolute atomic E-state index is 0.212. The van der Waals surface area contributed by atoms with Gasteiger partial charge in [0.2, 0.25) is 5.91 Å². The molecule has 0 heterocycles. The Bertz CT molecular complexity index is 425. The van der Waals surface area contributed by atoms with E-state index in [0.717, 1.165) is 25.0 Å².